The minimum atomic E-state index is 0.103. The van der Waals surface area contributed by atoms with Crippen LogP contribution in [0.3, 0.4) is 0 Å². The molecule has 1 saturated heterocycles. The molecule has 1 amide bonds. The van der Waals surface area contributed by atoms with Gasteiger partial charge in [0.1, 0.15) is 0 Å². The normalized spacial score (nSPS) is 23.7. The van der Waals surface area contributed by atoms with Crippen LogP contribution in [0, 0.1) is 0 Å². The van der Waals surface area contributed by atoms with Crippen LogP contribution in [0.2, 0.25) is 0 Å². The highest BCUT2D eigenvalue weighted by molar-refractivity contribution is 5.98. The Morgan fingerprint density at radius 2 is 2.08 bits per heavy atom. The number of anilines is 1. The number of nitrogens with zero attached hydrogens (tertiary/aromatic N) is 3. The maximum Gasteiger partial charge on any atom is 0.246 e. The number of para-hydroxylation sites is 1. The lowest BCUT2D eigenvalue weighted by Crippen LogP contribution is -2.49. The summed E-state index contributed by atoms with van der Waals surface area (Å²) >= 11 is 0. The summed E-state index contributed by atoms with van der Waals surface area (Å²) in [5.74, 6) is 0.831. The van der Waals surface area contributed by atoms with Gasteiger partial charge in [0.25, 0.3) is 0 Å². The van der Waals surface area contributed by atoms with Crippen molar-refractivity contribution in [3.8, 4) is 0 Å². The Labute approximate surface area is 155 Å². The average Bonchev–Trinajstić information content (AvgIpc) is 3.43. The molecule has 0 radical (unpaired) electrons. The van der Waals surface area contributed by atoms with E-state index in [0.717, 1.165) is 50.0 Å². The topological polar surface area (TPSA) is 60.0 Å². The van der Waals surface area contributed by atoms with E-state index in [-0.39, 0.29) is 12.5 Å². The molecular formula is C20H29N5O. The van der Waals surface area contributed by atoms with Crippen LogP contribution >= 0.6 is 0 Å². The average molecular weight is 355 g/mol. The molecule has 4 rings (SSSR count). The second-order valence-corrected chi connectivity index (χ2v) is 7.56. The molecule has 1 aromatic rings. The summed E-state index contributed by atoms with van der Waals surface area (Å²) in [6.07, 6.45) is 5.92. The van der Waals surface area contributed by atoms with Crippen LogP contribution in [-0.4, -0.2) is 62.1 Å². The van der Waals surface area contributed by atoms with Crippen molar-refractivity contribution in [2.75, 3.05) is 38.1 Å². The summed E-state index contributed by atoms with van der Waals surface area (Å²) in [7, 11) is 1.77. The summed E-state index contributed by atoms with van der Waals surface area (Å²) in [5, 5.41) is 6.70. The molecule has 0 aromatic heterocycles. The van der Waals surface area contributed by atoms with Gasteiger partial charge >= 0.3 is 0 Å². The molecule has 6 heteroatoms. The van der Waals surface area contributed by atoms with Crippen molar-refractivity contribution in [2.45, 2.75) is 44.2 Å². The number of hydrogen-bond donors (Lipinski definition) is 2. The number of amides is 1. The highest BCUT2D eigenvalue weighted by atomic mass is 16.2. The standard InChI is InChI=1S/C20H29N5O/c1-21-20(23-16-10-12-24(14-16)17-8-9-17)22-13-19(26)25-11-4-6-15-5-2-3-7-18(15)25/h2-3,5,7,16-17H,4,6,8-14H2,1H3,(H2,21,22,23). The molecule has 0 bridgehead atoms. The van der Waals surface area contributed by atoms with Gasteiger partial charge in [-0.1, -0.05) is 18.2 Å². The van der Waals surface area contributed by atoms with Crippen LogP contribution in [0.15, 0.2) is 29.3 Å². The fraction of sp³-hybridized carbons (Fsp3) is 0.600. The Morgan fingerprint density at radius 1 is 1.23 bits per heavy atom. The lowest BCUT2D eigenvalue weighted by Gasteiger charge is -2.29. The first kappa shape index (κ1) is 17.3. The van der Waals surface area contributed by atoms with E-state index in [2.05, 4.69) is 26.6 Å². The Balaban J connectivity index is 1.29. The van der Waals surface area contributed by atoms with E-state index in [0.29, 0.717) is 6.04 Å². The summed E-state index contributed by atoms with van der Waals surface area (Å²) in [4.78, 5) is 21.5. The smallest absolute Gasteiger partial charge is 0.246 e. The summed E-state index contributed by atoms with van der Waals surface area (Å²) in [6.45, 7) is 3.32. The number of aryl methyl sites for hydroxylation is 1. The van der Waals surface area contributed by atoms with Gasteiger partial charge < -0.3 is 15.5 Å². The van der Waals surface area contributed by atoms with Crippen LogP contribution in [0.1, 0.15) is 31.2 Å². The van der Waals surface area contributed by atoms with Crippen LogP contribution in [0.4, 0.5) is 5.69 Å². The Hall–Kier alpha value is -2.08. The van der Waals surface area contributed by atoms with E-state index in [1.54, 1.807) is 7.05 Å². The van der Waals surface area contributed by atoms with Gasteiger partial charge in [-0.15, -0.1) is 0 Å². The molecule has 26 heavy (non-hydrogen) atoms. The first-order valence-corrected chi connectivity index (χ1v) is 9.84. The number of aliphatic imine (C=N–C) groups is 1. The van der Waals surface area contributed by atoms with Crippen molar-refractivity contribution >= 4 is 17.6 Å². The number of fused-ring (bicyclic) bond motifs is 1. The predicted molar refractivity (Wildman–Crippen MR) is 105 cm³/mol. The quantitative estimate of drug-likeness (QED) is 0.633. The van der Waals surface area contributed by atoms with Gasteiger partial charge in [0.15, 0.2) is 5.96 Å². The summed E-state index contributed by atoms with van der Waals surface area (Å²) < 4.78 is 0. The third kappa shape index (κ3) is 3.85. The van der Waals surface area contributed by atoms with Crippen molar-refractivity contribution in [3.05, 3.63) is 29.8 Å². The van der Waals surface area contributed by atoms with E-state index < -0.39 is 0 Å². The van der Waals surface area contributed by atoms with Crippen LogP contribution < -0.4 is 15.5 Å². The molecule has 2 N–H and O–H groups in total. The molecule has 1 unspecified atom stereocenters. The molecule has 2 aliphatic heterocycles. The first-order chi connectivity index (χ1) is 12.7. The van der Waals surface area contributed by atoms with Gasteiger partial charge in [0, 0.05) is 44.5 Å². The van der Waals surface area contributed by atoms with Gasteiger partial charge in [-0.2, -0.15) is 0 Å². The van der Waals surface area contributed by atoms with Crippen molar-refractivity contribution < 1.29 is 4.79 Å². The maximum atomic E-state index is 12.7. The molecule has 2 fully saturated rings. The molecule has 6 nitrogen and oxygen atoms in total. The van der Waals surface area contributed by atoms with Crippen LogP contribution in [-0.2, 0) is 11.2 Å². The lowest BCUT2D eigenvalue weighted by atomic mass is 10.0. The molecule has 0 spiro atoms. The zero-order chi connectivity index (χ0) is 17.9. The molecule has 2 heterocycles. The number of rotatable bonds is 4. The largest absolute Gasteiger partial charge is 0.352 e. The molecule has 3 aliphatic rings. The second kappa shape index (κ2) is 7.66. The number of guanidine groups is 1. The third-order valence-corrected chi connectivity index (χ3v) is 5.67. The highest BCUT2D eigenvalue weighted by Gasteiger charge is 2.34. The fourth-order valence-electron chi connectivity index (χ4n) is 4.11. The zero-order valence-electron chi connectivity index (χ0n) is 15.6. The van der Waals surface area contributed by atoms with Gasteiger partial charge in [-0.05, 0) is 43.7 Å². The summed E-state index contributed by atoms with van der Waals surface area (Å²) in [5.41, 5.74) is 2.32. The van der Waals surface area contributed by atoms with Gasteiger partial charge in [-0.25, -0.2) is 0 Å². The van der Waals surface area contributed by atoms with Crippen molar-refractivity contribution in [1.29, 1.82) is 0 Å². The Bertz CT molecular complexity index is 685. The van der Waals surface area contributed by atoms with Crippen molar-refractivity contribution in [2.24, 2.45) is 4.99 Å². The molecule has 1 saturated carbocycles. The monoisotopic (exact) mass is 355 g/mol. The highest BCUT2D eigenvalue weighted by Crippen LogP contribution is 2.29. The number of likely N-dealkylation sites (tertiary alicyclic amines) is 1. The minimum Gasteiger partial charge on any atom is -0.352 e. The van der Waals surface area contributed by atoms with E-state index >= 15 is 0 Å². The van der Waals surface area contributed by atoms with E-state index in [4.69, 9.17) is 0 Å². The van der Waals surface area contributed by atoms with E-state index in [1.807, 2.05) is 23.1 Å². The number of carbonyl (C=O) groups is 1. The zero-order valence-corrected chi connectivity index (χ0v) is 15.6. The van der Waals surface area contributed by atoms with Crippen molar-refractivity contribution in [3.63, 3.8) is 0 Å². The minimum absolute atomic E-state index is 0.103. The number of nitrogens with one attached hydrogen (secondary N) is 2. The third-order valence-electron chi connectivity index (χ3n) is 5.67. The number of carbonyl (C=O) groups excluding carboxylic acids is 1. The van der Waals surface area contributed by atoms with Gasteiger partial charge in [-0.3, -0.25) is 14.7 Å². The number of benzene rings is 1. The Kier molecular flexibility index (Phi) is 5.11. The molecular weight excluding hydrogens is 326 g/mol. The van der Waals surface area contributed by atoms with Crippen LogP contribution in [0.25, 0.3) is 0 Å². The van der Waals surface area contributed by atoms with E-state index in [1.165, 1.54) is 24.9 Å². The predicted octanol–water partition coefficient (Wildman–Crippen LogP) is 1.37. The lowest BCUT2D eigenvalue weighted by molar-refractivity contribution is -0.117. The maximum absolute atomic E-state index is 12.7. The van der Waals surface area contributed by atoms with E-state index in [9.17, 15) is 4.79 Å². The van der Waals surface area contributed by atoms with Crippen molar-refractivity contribution in [1.82, 2.24) is 15.5 Å². The van der Waals surface area contributed by atoms with Crippen LogP contribution in [0.5, 0.6) is 0 Å². The fourth-order valence-corrected chi connectivity index (χ4v) is 4.11. The van der Waals surface area contributed by atoms with Gasteiger partial charge in [0.2, 0.25) is 5.91 Å². The summed E-state index contributed by atoms with van der Waals surface area (Å²) in [6, 6.07) is 9.46. The molecule has 1 aromatic carbocycles. The van der Waals surface area contributed by atoms with Gasteiger partial charge in [0.05, 0.1) is 6.54 Å². The Morgan fingerprint density at radius 3 is 2.88 bits per heavy atom. The molecule has 1 atom stereocenters. The SMILES string of the molecule is CN=C(NCC(=O)N1CCCc2ccccc21)NC1CCN(C2CC2)C1. The second-order valence-electron chi connectivity index (χ2n) is 7.56. The number of hydrogen-bond acceptors (Lipinski definition) is 3. The first-order valence-electron chi connectivity index (χ1n) is 9.84. The molecule has 1 aliphatic carbocycles. The molecule has 140 valence electrons.